The van der Waals surface area contributed by atoms with Gasteiger partial charge in [0.15, 0.2) is 5.96 Å². The number of aliphatic imine (C=N–C) groups is 1. The summed E-state index contributed by atoms with van der Waals surface area (Å²) in [5, 5.41) is 0. The first-order valence-electron chi connectivity index (χ1n) is 7.54. The third-order valence-electron chi connectivity index (χ3n) is 3.57. The Balaban J connectivity index is 0.00000242. The van der Waals surface area contributed by atoms with Crippen molar-refractivity contribution in [3.8, 4) is 11.5 Å². The summed E-state index contributed by atoms with van der Waals surface area (Å²) >= 11 is 0. The van der Waals surface area contributed by atoms with Crippen molar-refractivity contribution < 1.29 is 9.47 Å². The number of ether oxygens (including phenoxy) is 2. The minimum Gasteiger partial charge on any atom is -0.497 e. The first-order chi connectivity index (χ1) is 10.2. The fourth-order valence-electron chi connectivity index (χ4n) is 2.39. The summed E-state index contributed by atoms with van der Waals surface area (Å²) in [6.45, 7) is 4.58. The number of hydrogen-bond donors (Lipinski definition) is 1. The van der Waals surface area contributed by atoms with Gasteiger partial charge in [0, 0.05) is 19.2 Å². The average Bonchev–Trinajstić information content (AvgIpc) is 2.53. The number of rotatable bonds is 5. The topological polar surface area (TPSA) is 60.1 Å². The predicted octanol–water partition coefficient (Wildman–Crippen LogP) is 2.88. The van der Waals surface area contributed by atoms with Crippen molar-refractivity contribution in [2.45, 2.75) is 32.3 Å². The quantitative estimate of drug-likeness (QED) is 0.453. The molecule has 1 atom stereocenters. The fourth-order valence-corrected chi connectivity index (χ4v) is 2.39. The zero-order valence-electron chi connectivity index (χ0n) is 13.3. The maximum absolute atomic E-state index is 6.04. The summed E-state index contributed by atoms with van der Waals surface area (Å²) < 4.78 is 11.0. The lowest BCUT2D eigenvalue weighted by Crippen LogP contribution is -2.41. The van der Waals surface area contributed by atoms with Crippen LogP contribution in [0.5, 0.6) is 11.5 Å². The van der Waals surface area contributed by atoms with E-state index in [-0.39, 0.29) is 30.1 Å². The van der Waals surface area contributed by atoms with Gasteiger partial charge in [0.25, 0.3) is 0 Å². The van der Waals surface area contributed by atoms with Gasteiger partial charge < -0.3 is 20.1 Å². The maximum atomic E-state index is 6.04. The van der Waals surface area contributed by atoms with E-state index in [0.29, 0.717) is 12.5 Å². The molecule has 2 N–H and O–H groups in total. The highest BCUT2D eigenvalue weighted by molar-refractivity contribution is 14.0. The van der Waals surface area contributed by atoms with Crippen LogP contribution in [0.25, 0.3) is 0 Å². The Morgan fingerprint density at radius 1 is 1.27 bits per heavy atom. The van der Waals surface area contributed by atoms with E-state index in [9.17, 15) is 0 Å². The first-order valence-corrected chi connectivity index (χ1v) is 7.54. The first kappa shape index (κ1) is 18.9. The fraction of sp³-hybridized carbons (Fsp3) is 0.562. The molecule has 0 bridgehead atoms. The minimum atomic E-state index is -0.0274. The lowest BCUT2D eigenvalue weighted by atomic mass is 10.1. The van der Waals surface area contributed by atoms with Gasteiger partial charge in [0.05, 0.1) is 13.7 Å². The van der Waals surface area contributed by atoms with E-state index < -0.39 is 0 Å². The Bertz CT molecular complexity index is 476. The van der Waals surface area contributed by atoms with Crippen LogP contribution in [0.1, 0.15) is 26.2 Å². The summed E-state index contributed by atoms with van der Waals surface area (Å²) in [5.74, 6) is 2.21. The van der Waals surface area contributed by atoms with Crippen LogP contribution in [0, 0.1) is 0 Å². The molecule has 6 heteroatoms. The van der Waals surface area contributed by atoms with Crippen molar-refractivity contribution in [1.29, 1.82) is 0 Å². The number of methoxy groups -OCH3 is 1. The normalized spacial score (nSPS) is 16.6. The largest absolute Gasteiger partial charge is 0.497 e. The van der Waals surface area contributed by atoms with Gasteiger partial charge in [0.2, 0.25) is 0 Å². The number of nitrogens with two attached hydrogens (primary N) is 1. The van der Waals surface area contributed by atoms with E-state index in [4.69, 9.17) is 15.2 Å². The van der Waals surface area contributed by atoms with Gasteiger partial charge in [-0.3, -0.25) is 0 Å². The molecule has 1 aliphatic rings. The molecule has 1 aromatic rings. The summed E-state index contributed by atoms with van der Waals surface area (Å²) in [7, 11) is 1.64. The molecular weight excluding hydrogens is 393 g/mol. The van der Waals surface area contributed by atoms with Crippen LogP contribution in [0.3, 0.4) is 0 Å². The smallest absolute Gasteiger partial charge is 0.191 e. The van der Waals surface area contributed by atoms with Gasteiger partial charge in [-0.25, -0.2) is 4.99 Å². The summed E-state index contributed by atoms with van der Waals surface area (Å²) in [5.41, 5.74) is 6.04. The predicted molar refractivity (Wildman–Crippen MR) is 100 cm³/mol. The molecule has 1 aliphatic heterocycles. The number of hydrogen-bond acceptors (Lipinski definition) is 3. The molecule has 1 heterocycles. The van der Waals surface area contributed by atoms with Crippen LogP contribution in [-0.4, -0.2) is 43.7 Å². The van der Waals surface area contributed by atoms with Crippen molar-refractivity contribution in [2.75, 3.05) is 26.7 Å². The second kappa shape index (κ2) is 9.76. The second-order valence-electron chi connectivity index (χ2n) is 5.35. The Morgan fingerprint density at radius 3 is 2.64 bits per heavy atom. The minimum absolute atomic E-state index is 0. The Labute approximate surface area is 149 Å². The zero-order chi connectivity index (χ0) is 15.1. The number of benzene rings is 1. The van der Waals surface area contributed by atoms with E-state index >= 15 is 0 Å². The second-order valence-corrected chi connectivity index (χ2v) is 5.35. The lowest BCUT2D eigenvalue weighted by Gasteiger charge is -2.27. The third kappa shape index (κ3) is 5.90. The van der Waals surface area contributed by atoms with Gasteiger partial charge in [0.1, 0.15) is 17.6 Å². The molecule has 1 fully saturated rings. The van der Waals surface area contributed by atoms with Gasteiger partial charge >= 0.3 is 0 Å². The Morgan fingerprint density at radius 2 is 1.95 bits per heavy atom. The molecule has 1 unspecified atom stereocenters. The number of nitrogens with zero attached hydrogens (tertiary/aromatic N) is 2. The maximum Gasteiger partial charge on any atom is 0.191 e. The van der Waals surface area contributed by atoms with Crippen molar-refractivity contribution in [2.24, 2.45) is 10.7 Å². The molecular formula is C16H26IN3O2. The summed E-state index contributed by atoms with van der Waals surface area (Å²) in [4.78, 5) is 6.61. The number of piperidine rings is 1. The van der Waals surface area contributed by atoms with Gasteiger partial charge in [-0.15, -0.1) is 24.0 Å². The highest BCUT2D eigenvalue weighted by Gasteiger charge is 2.12. The zero-order valence-corrected chi connectivity index (χ0v) is 15.7. The van der Waals surface area contributed by atoms with E-state index in [1.54, 1.807) is 7.11 Å². The SMILES string of the molecule is COc1cccc(OC(C)CN=C(N)N2CCCCC2)c1.I. The van der Waals surface area contributed by atoms with Crippen LogP contribution in [0.4, 0.5) is 0 Å². The van der Waals surface area contributed by atoms with Crippen molar-refractivity contribution in [3.05, 3.63) is 24.3 Å². The van der Waals surface area contributed by atoms with Gasteiger partial charge in [-0.1, -0.05) is 6.07 Å². The molecule has 1 saturated heterocycles. The molecule has 0 radical (unpaired) electrons. The molecule has 124 valence electrons. The standard InChI is InChI=1S/C16H25N3O2.HI/c1-13(21-15-8-6-7-14(11-15)20-2)12-18-16(17)19-9-4-3-5-10-19;/h6-8,11,13H,3-5,9-10,12H2,1-2H3,(H2,17,18);1H. The molecule has 5 nitrogen and oxygen atoms in total. The molecule has 0 saturated carbocycles. The number of halogens is 1. The van der Waals surface area contributed by atoms with Crippen LogP contribution in [-0.2, 0) is 0 Å². The molecule has 0 aromatic heterocycles. The molecule has 22 heavy (non-hydrogen) atoms. The molecule has 0 spiro atoms. The summed E-state index contributed by atoms with van der Waals surface area (Å²) in [6, 6.07) is 7.58. The Kier molecular flexibility index (Phi) is 8.37. The van der Waals surface area contributed by atoms with Gasteiger partial charge in [-0.05, 0) is 38.3 Å². The number of guanidine groups is 1. The van der Waals surface area contributed by atoms with Crippen LogP contribution >= 0.6 is 24.0 Å². The van der Waals surface area contributed by atoms with Crippen molar-refractivity contribution in [1.82, 2.24) is 4.90 Å². The summed E-state index contributed by atoms with van der Waals surface area (Å²) in [6.07, 6.45) is 3.66. The molecule has 1 aromatic carbocycles. The highest BCUT2D eigenvalue weighted by atomic mass is 127. The van der Waals surface area contributed by atoms with Crippen LogP contribution in [0.15, 0.2) is 29.3 Å². The van der Waals surface area contributed by atoms with E-state index in [0.717, 1.165) is 24.6 Å². The highest BCUT2D eigenvalue weighted by Crippen LogP contribution is 2.20. The third-order valence-corrected chi connectivity index (χ3v) is 3.57. The number of likely N-dealkylation sites (tertiary alicyclic amines) is 1. The van der Waals surface area contributed by atoms with E-state index in [2.05, 4.69) is 9.89 Å². The molecule has 0 aliphatic carbocycles. The van der Waals surface area contributed by atoms with Crippen molar-refractivity contribution in [3.63, 3.8) is 0 Å². The van der Waals surface area contributed by atoms with E-state index in [1.165, 1.54) is 19.3 Å². The van der Waals surface area contributed by atoms with Crippen molar-refractivity contribution >= 4 is 29.9 Å². The molecule has 2 rings (SSSR count). The van der Waals surface area contributed by atoms with Crippen LogP contribution < -0.4 is 15.2 Å². The average molecular weight is 419 g/mol. The molecule has 0 amide bonds. The lowest BCUT2D eigenvalue weighted by molar-refractivity contribution is 0.228. The van der Waals surface area contributed by atoms with E-state index in [1.807, 2.05) is 31.2 Å². The van der Waals surface area contributed by atoms with Gasteiger partial charge in [-0.2, -0.15) is 0 Å². The monoisotopic (exact) mass is 419 g/mol. The van der Waals surface area contributed by atoms with Crippen LogP contribution in [0.2, 0.25) is 0 Å². The Hall–Kier alpha value is -1.18.